The van der Waals surface area contributed by atoms with Gasteiger partial charge < -0.3 is 19.2 Å². The molecule has 6 nitrogen and oxygen atoms in total. The maximum absolute atomic E-state index is 12.7. The summed E-state index contributed by atoms with van der Waals surface area (Å²) in [7, 11) is 2.28. The monoisotopic (exact) mass is 374 g/mol. The van der Waals surface area contributed by atoms with Crippen molar-refractivity contribution >= 4 is 5.91 Å². The van der Waals surface area contributed by atoms with Crippen molar-refractivity contribution in [2.75, 3.05) is 39.8 Å². The van der Waals surface area contributed by atoms with Crippen LogP contribution >= 0.6 is 0 Å². The molecule has 3 aliphatic heterocycles. The van der Waals surface area contributed by atoms with E-state index in [9.17, 15) is 4.79 Å². The summed E-state index contributed by atoms with van der Waals surface area (Å²) in [6.07, 6.45) is 7.06. The minimum Gasteiger partial charge on any atom is -0.361 e. The van der Waals surface area contributed by atoms with Crippen LogP contribution in [0.5, 0.6) is 0 Å². The number of likely N-dealkylation sites (tertiary alicyclic amines) is 3. The molecule has 0 saturated carbocycles. The van der Waals surface area contributed by atoms with Gasteiger partial charge in [-0.2, -0.15) is 0 Å². The van der Waals surface area contributed by atoms with E-state index in [0.717, 1.165) is 49.5 Å². The van der Waals surface area contributed by atoms with E-state index >= 15 is 0 Å². The summed E-state index contributed by atoms with van der Waals surface area (Å²) in [5.74, 6) is 1.14. The van der Waals surface area contributed by atoms with Crippen molar-refractivity contribution in [1.29, 1.82) is 0 Å². The Morgan fingerprint density at radius 3 is 2.63 bits per heavy atom. The molecule has 0 aliphatic carbocycles. The predicted octanol–water partition coefficient (Wildman–Crippen LogP) is 2.59. The predicted molar refractivity (Wildman–Crippen MR) is 104 cm³/mol. The number of hydrogen-bond acceptors (Lipinski definition) is 5. The first-order valence-electron chi connectivity index (χ1n) is 10.6. The lowest BCUT2D eigenvalue weighted by molar-refractivity contribution is -0.128. The number of rotatable bonds is 4. The molecule has 1 atom stereocenters. The van der Waals surface area contributed by atoms with Crippen molar-refractivity contribution in [2.24, 2.45) is 5.41 Å². The topological polar surface area (TPSA) is 52.8 Å². The molecule has 6 heteroatoms. The number of aromatic nitrogens is 1. The second-order valence-corrected chi connectivity index (χ2v) is 9.16. The number of amides is 1. The lowest BCUT2D eigenvalue weighted by Gasteiger charge is -2.42. The van der Waals surface area contributed by atoms with E-state index in [1.165, 1.54) is 32.4 Å². The Bertz CT molecular complexity index is 658. The van der Waals surface area contributed by atoms with Crippen LogP contribution in [0, 0.1) is 19.3 Å². The van der Waals surface area contributed by atoms with Gasteiger partial charge in [0.05, 0.1) is 12.2 Å². The molecule has 0 N–H and O–H groups in total. The highest BCUT2D eigenvalue weighted by Gasteiger charge is 2.45. The van der Waals surface area contributed by atoms with Gasteiger partial charge in [0.25, 0.3) is 0 Å². The van der Waals surface area contributed by atoms with Crippen molar-refractivity contribution < 1.29 is 9.32 Å². The standard InChI is InChI=1S/C21H34N4O2/c1-16-19(17(2)27-22-16)14-25-15-21(12-20(25)26)7-10-24(11-8-21)13-18-6-4-5-9-23(18)3/h18H,4-15H2,1-3H3/t18-/m0/s1. The third-order valence-electron chi connectivity index (χ3n) is 7.24. The largest absolute Gasteiger partial charge is 0.361 e. The minimum atomic E-state index is 0.186. The molecule has 4 rings (SSSR count). The lowest BCUT2D eigenvalue weighted by atomic mass is 9.77. The molecule has 0 unspecified atom stereocenters. The van der Waals surface area contributed by atoms with Gasteiger partial charge >= 0.3 is 0 Å². The average Bonchev–Trinajstić information content (AvgIpc) is 3.13. The number of carbonyl (C=O) groups excluding carboxylic acids is 1. The van der Waals surface area contributed by atoms with Crippen molar-refractivity contribution in [3.05, 3.63) is 17.0 Å². The lowest BCUT2D eigenvalue weighted by Crippen LogP contribution is -2.49. The Kier molecular flexibility index (Phi) is 5.30. The number of nitrogens with zero attached hydrogens (tertiary/aromatic N) is 4. The first-order valence-corrected chi connectivity index (χ1v) is 10.6. The normalized spacial score (nSPS) is 27.0. The zero-order chi connectivity index (χ0) is 19.0. The number of likely N-dealkylation sites (N-methyl/N-ethyl adjacent to an activating group) is 1. The maximum atomic E-state index is 12.7. The quantitative estimate of drug-likeness (QED) is 0.811. The highest BCUT2D eigenvalue weighted by atomic mass is 16.5. The number of hydrogen-bond donors (Lipinski definition) is 0. The summed E-state index contributed by atoms with van der Waals surface area (Å²) >= 11 is 0. The molecule has 3 saturated heterocycles. The highest BCUT2D eigenvalue weighted by Crippen LogP contribution is 2.42. The molecule has 3 fully saturated rings. The molecule has 1 spiro atoms. The Labute approximate surface area is 162 Å². The van der Waals surface area contributed by atoms with Gasteiger partial charge in [-0.25, -0.2) is 0 Å². The van der Waals surface area contributed by atoms with Crippen LogP contribution < -0.4 is 0 Å². The van der Waals surface area contributed by atoms with Crippen LogP contribution in [-0.4, -0.2) is 71.6 Å². The third-order valence-corrected chi connectivity index (χ3v) is 7.24. The fourth-order valence-electron chi connectivity index (χ4n) is 5.26. The Morgan fingerprint density at radius 2 is 1.96 bits per heavy atom. The smallest absolute Gasteiger partial charge is 0.223 e. The summed E-state index contributed by atoms with van der Waals surface area (Å²) in [6, 6.07) is 0.717. The van der Waals surface area contributed by atoms with E-state index < -0.39 is 0 Å². The fourth-order valence-corrected chi connectivity index (χ4v) is 5.26. The van der Waals surface area contributed by atoms with E-state index in [0.29, 0.717) is 24.9 Å². The number of aryl methyl sites for hydroxylation is 2. The maximum Gasteiger partial charge on any atom is 0.223 e. The first kappa shape index (κ1) is 18.9. The first-order chi connectivity index (χ1) is 13.0. The van der Waals surface area contributed by atoms with Crippen LogP contribution in [-0.2, 0) is 11.3 Å². The number of carbonyl (C=O) groups is 1. The zero-order valence-electron chi connectivity index (χ0n) is 17.2. The molecule has 27 heavy (non-hydrogen) atoms. The van der Waals surface area contributed by atoms with E-state index in [2.05, 4.69) is 22.0 Å². The van der Waals surface area contributed by atoms with Gasteiger partial charge in [0.2, 0.25) is 5.91 Å². The Balaban J connectivity index is 1.32. The molecule has 1 aromatic heterocycles. The molecule has 3 aliphatic rings. The summed E-state index contributed by atoms with van der Waals surface area (Å²) in [4.78, 5) is 19.9. The van der Waals surface area contributed by atoms with Gasteiger partial charge in [-0.3, -0.25) is 4.79 Å². The summed E-state index contributed by atoms with van der Waals surface area (Å²) < 4.78 is 5.27. The average molecular weight is 375 g/mol. The van der Waals surface area contributed by atoms with Crippen LogP contribution in [0.3, 0.4) is 0 Å². The molecule has 1 amide bonds. The van der Waals surface area contributed by atoms with Crippen LogP contribution in [0.25, 0.3) is 0 Å². The SMILES string of the molecule is Cc1noc(C)c1CN1CC2(CCN(C[C@@H]3CCCCN3C)CC2)CC1=O. The van der Waals surface area contributed by atoms with E-state index in [1.807, 2.05) is 18.7 Å². The van der Waals surface area contributed by atoms with Gasteiger partial charge in [0, 0.05) is 31.1 Å². The van der Waals surface area contributed by atoms with Crippen molar-refractivity contribution in [1.82, 2.24) is 19.9 Å². The van der Waals surface area contributed by atoms with Crippen LogP contribution in [0.15, 0.2) is 4.52 Å². The second-order valence-electron chi connectivity index (χ2n) is 9.16. The van der Waals surface area contributed by atoms with E-state index in [1.54, 1.807) is 0 Å². The van der Waals surface area contributed by atoms with Crippen molar-refractivity contribution in [3.8, 4) is 0 Å². The van der Waals surface area contributed by atoms with Gasteiger partial charge in [-0.05, 0) is 71.6 Å². The molecule has 1 aromatic rings. The molecule has 0 bridgehead atoms. The zero-order valence-corrected chi connectivity index (χ0v) is 17.2. The molecule has 150 valence electrons. The molecule has 0 aromatic carbocycles. The summed E-state index contributed by atoms with van der Waals surface area (Å²) in [6.45, 7) is 10.2. The Hall–Kier alpha value is -1.40. The van der Waals surface area contributed by atoms with Gasteiger partial charge in [-0.1, -0.05) is 11.6 Å². The van der Waals surface area contributed by atoms with Crippen LogP contribution in [0.4, 0.5) is 0 Å². The number of piperidine rings is 2. The van der Waals surface area contributed by atoms with E-state index in [-0.39, 0.29) is 5.41 Å². The van der Waals surface area contributed by atoms with Crippen LogP contribution in [0.2, 0.25) is 0 Å². The molecule has 4 heterocycles. The summed E-state index contributed by atoms with van der Waals surface area (Å²) in [5.41, 5.74) is 2.18. The van der Waals surface area contributed by atoms with Crippen molar-refractivity contribution in [3.63, 3.8) is 0 Å². The minimum absolute atomic E-state index is 0.186. The second kappa shape index (κ2) is 7.55. The highest BCUT2D eigenvalue weighted by molar-refractivity contribution is 5.79. The summed E-state index contributed by atoms with van der Waals surface area (Å²) in [5, 5.41) is 4.04. The molecular weight excluding hydrogens is 340 g/mol. The van der Waals surface area contributed by atoms with Gasteiger partial charge in [0.15, 0.2) is 0 Å². The van der Waals surface area contributed by atoms with Crippen LogP contribution in [0.1, 0.15) is 55.5 Å². The fraction of sp³-hybridized carbons (Fsp3) is 0.810. The van der Waals surface area contributed by atoms with E-state index in [4.69, 9.17) is 4.52 Å². The van der Waals surface area contributed by atoms with Crippen molar-refractivity contribution in [2.45, 2.75) is 65.0 Å². The third kappa shape index (κ3) is 3.92. The Morgan fingerprint density at radius 1 is 1.19 bits per heavy atom. The van der Waals surface area contributed by atoms with Gasteiger partial charge in [0.1, 0.15) is 5.76 Å². The van der Waals surface area contributed by atoms with Gasteiger partial charge in [-0.15, -0.1) is 0 Å². The molecular formula is C21H34N4O2. The molecule has 0 radical (unpaired) electrons.